The molecule has 0 aliphatic heterocycles. The van der Waals surface area contributed by atoms with Crippen molar-refractivity contribution in [2.75, 3.05) is 5.73 Å². The van der Waals surface area contributed by atoms with Crippen molar-refractivity contribution in [3.05, 3.63) is 65.7 Å². The van der Waals surface area contributed by atoms with Gasteiger partial charge >= 0.3 is 5.97 Å². The molecule has 0 bridgehead atoms. The lowest BCUT2D eigenvalue weighted by Gasteiger charge is -2.05. The van der Waals surface area contributed by atoms with E-state index in [1.54, 1.807) is 18.2 Å². The Labute approximate surface area is 110 Å². The molecular weight excluding hydrogens is 242 g/mol. The number of benzene rings is 2. The molecule has 0 fully saturated rings. The number of ketones is 1. The van der Waals surface area contributed by atoms with E-state index in [4.69, 9.17) is 10.5 Å². The lowest BCUT2D eigenvalue weighted by molar-refractivity contribution is -0.139. The van der Waals surface area contributed by atoms with E-state index in [0.717, 1.165) is 5.56 Å². The molecule has 19 heavy (non-hydrogen) atoms. The van der Waals surface area contributed by atoms with Crippen LogP contribution in [0.1, 0.15) is 15.9 Å². The highest BCUT2D eigenvalue weighted by Crippen LogP contribution is 2.12. The van der Waals surface area contributed by atoms with Gasteiger partial charge in [-0.2, -0.15) is 0 Å². The average molecular weight is 255 g/mol. The maximum absolute atomic E-state index is 11.8. The third-order valence-electron chi connectivity index (χ3n) is 2.60. The summed E-state index contributed by atoms with van der Waals surface area (Å²) in [5.74, 6) is -1.63. The van der Waals surface area contributed by atoms with Crippen LogP contribution in [0.15, 0.2) is 54.6 Å². The van der Waals surface area contributed by atoms with E-state index < -0.39 is 11.8 Å². The number of carbonyl (C=O) groups is 2. The molecule has 0 amide bonds. The molecule has 0 saturated carbocycles. The first-order valence-corrected chi connectivity index (χ1v) is 5.78. The molecule has 4 heteroatoms. The number of carbonyl (C=O) groups excluding carboxylic acids is 2. The van der Waals surface area contributed by atoms with Gasteiger partial charge < -0.3 is 10.5 Å². The van der Waals surface area contributed by atoms with E-state index in [9.17, 15) is 9.59 Å². The lowest BCUT2D eigenvalue weighted by Crippen LogP contribution is -2.18. The summed E-state index contributed by atoms with van der Waals surface area (Å²) >= 11 is 0. The topological polar surface area (TPSA) is 69.4 Å². The monoisotopic (exact) mass is 255 g/mol. The zero-order valence-corrected chi connectivity index (χ0v) is 10.2. The highest BCUT2D eigenvalue weighted by atomic mass is 16.5. The Hall–Kier alpha value is -2.62. The summed E-state index contributed by atoms with van der Waals surface area (Å²) in [6.45, 7) is 0.0676. The van der Waals surface area contributed by atoms with Crippen LogP contribution in [0.25, 0.3) is 0 Å². The van der Waals surface area contributed by atoms with Crippen molar-refractivity contribution in [1.29, 1.82) is 0 Å². The predicted molar refractivity (Wildman–Crippen MR) is 71.4 cm³/mol. The van der Waals surface area contributed by atoms with Crippen molar-refractivity contribution in [3.63, 3.8) is 0 Å². The predicted octanol–water partition coefficient (Wildman–Crippen LogP) is 2.19. The van der Waals surface area contributed by atoms with Crippen molar-refractivity contribution in [3.8, 4) is 0 Å². The molecule has 2 N–H and O–H groups in total. The van der Waals surface area contributed by atoms with E-state index in [0.29, 0.717) is 0 Å². The molecule has 0 heterocycles. The molecule has 0 spiro atoms. The number of anilines is 1. The van der Waals surface area contributed by atoms with Gasteiger partial charge in [0, 0.05) is 5.69 Å². The van der Waals surface area contributed by atoms with Gasteiger partial charge in [-0.1, -0.05) is 42.5 Å². The Morgan fingerprint density at radius 2 is 1.58 bits per heavy atom. The number of esters is 1. The fraction of sp³-hybridized carbons (Fsp3) is 0.0667. The van der Waals surface area contributed by atoms with Crippen LogP contribution in [0.4, 0.5) is 5.69 Å². The van der Waals surface area contributed by atoms with Gasteiger partial charge in [0.05, 0.1) is 5.56 Å². The Morgan fingerprint density at radius 3 is 2.26 bits per heavy atom. The van der Waals surface area contributed by atoms with E-state index in [1.807, 2.05) is 30.3 Å². The van der Waals surface area contributed by atoms with Gasteiger partial charge in [0.1, 0.15) is 6.61 Å². The molecule has 0 radical (unpaired) electrons. The summed E-state index contributed by atoms with van der Waals surface area (Å²) in [5, 5.41) is 0. The van der Waals surface area contributed by atoms with Crippen LogP contribution < -0.4 is 5.73 Å². The molecule has 2 aromatic rings. The van der Waals surface area contributed by atoms with Gasteiger partial charge in [-0.15, -0.1) is 0 Å². The fourth-order valence-corrected chi connectivity index (χ4v) is 1.60. The second-order valence-corrected chi connectivity index (χ2v) is 3.98. The first kappa shape index (κ1) is 12.8. The maximum atomic E-state index is 11.8. The molecule has 0 aliphatic carbocycles. The quantitative estimate of drug-likeness (QED) is 0.393. The van der Waals surface area contributed by atoms with Crippen molar-refractivity contribution >= 4 is 17.4 Å². The van der Waals surface area contributed by atoms with Crippen LogP contribution in [-0.4, -0.2) is 11.8 Å². The lowest BCUT2D eigenvalue weighted by atomic mass is 10.1. The second-order valence-electron chi connectivity index (χ2n) is 3.98. The van der Waals surface area contributed by atoms with Gasteiger partial charge in [-0.3, -0.25) is 4.79 Å². The number of nitrogens with two attached hydrogens (primary N) is 1. The second kappa shape index (κ2) is 5.82. The molecule has 0 atom stereocenters. The molecule has 4 nitrogen and oxygen atoms in total. The molecule has 0 aromatic heterocycles. The summed E-state index contributed by atoms with van der Waals surface area (Å²) < 4.78 is 4.96. The van der Waals surface area contributed by atoms with Crippen molar-refractivity contribution in [1.82, 2.24) is 0 Å². The smallest absolute Gasteiger partial charge is 0.380 e. The number of hydrogen-bond acceptors (Lipinski definition) is 4. The van der Waals surface area contributed by atoms with Gasteiger partial charge in [0.25, 0.3) is 5.78 Å². The van der Waals surface area contributed by atoms with E-state index in [2.05, 4.69) is 0 Å². The number of nitrogen functional groups attached to an aromatic ring is 1. The zero-order valence-electron chi connectivity index (χ0n) is 10.2. The zero-order chi connectivity index (χ0) is 13.7. The van der Waals surface area contributed by atoms with E-state index in [-0.39, 0.29) is 17.9 Å². The van der Waals surface area contributed by atoms with Gasteiger partial charge in [-0.05, 0) is 17.7 Å². The molecule has 2 aromatic carbocycles. The minimum atomic E-state index is -0.901. The number of ether oxygens (including phenoxy) is 1. The van der Waals surface area contributed by atoms with Crippen LogP contribution in [0.3, 0.4) is 0 Å². The normalized spacial score (nSPS) is 9.89. The summed E-state index contributed by atoms with van der Waals surface area (Å²) in [5.41, 5.74) is 6.90. The first-order chi connectivity index (χ1) is 9.18. The maximum Gasteiger partial charge on any atom is 0.380 e. The van der Waals surface area contributed by atoms with Crippen LogP contribution in [0.5, 0.6) is 0 Å². The van der Waals surface area contributed by atoms with Crippen LogP contribution in [-0.2, 0) is 16.1 Å². The first-order valence-electron chi connectivity index (χ1n) is 5.78. The standard InChI is InChI=1S/C15H13NO3/c16-13-9-5-4-8-12(13)14(17)15(18)19-10-11-6-2-1-3-7-11/h1-9H,10,16H2. The van der Waals surface area contributed by atoms with Gasteiger partial charge in [-0.25, -0.2) is 4.79 Å². The summed E-state index contributed by atoms with van der Waals surface area (Å²) in [4.78, 5) is 23.5. The fourth-order valence-electron chi connectivity index (χ4n) is 1.60. The Balaban J connectivity index is 2.01. The molecule has 0 unspecified atom stereocenters. The molecular formula is C15H13NO3. The SMILES string of the molecule is Nc1ccccc1C(=O)C(=O)OCc1ccccc1. The highest BCUT2D eigenvalue weighted by Gasteiger charge is 2.19. The summed E-state index contributed by atoms with van der Waals surface area (Å²) in [6.07, 6.45) is 0. The van der Waals surface area contributed by atoms with Crippen LogP contribution in [0.2, 0.25) is 0 Å². The van der Waals surface area contributed by atoms with Crippen LogP contribution >= 0.6 is 0 Å². The molecule has 0 saturated heterocycles. The van der Waals surface area contributed by atoms with E-state index >= 15 is 0 Å². The largest absolute Gasteiger partial charge is 0.455 e. The highest BCUT2D eigenvalue weighted by molar-refractivity contribution is 6.41. The Kier molecular flexibility index (Phi) is 3.93. The molecule has 2 rings (SSSR count). The average Bonchev–Trinajstić information content (AvgIpc) is 2.45. The summed E-state index contributed by atoms with van der Waals surface area (Å²) in [6, 6.07) is 15.6. The third-order valence-corrected chi connectivity index (χ3v) is 2.60. The third kappa shape index (κ3) is 3.19. The number of hydrogen-bond donors (Lipinski definition) is 1. The Bertz CT molecular complexity index is 593. The minimum absolute atomic E-state index is 0.0676. The summed E-state index contributed by atoms with van der Waals surface area (Å²) in [7, 11) is 0. The van der Waals surface area contributed by atoms with Gasteiger partial charge in [0.2, 0.25) is 0 Å². The number of Topliss-reactive ketones (excluding diaryl/α,β-unsaturated/α-hetero) is 1. The van der Waals surface area contributed by atoms with Gasteiger partial charge in [0.15, 0.2) is 0 Å². The van der Waals surface area contributed by atoms with Crippen LogP contribution in [0, 0.1) is 0 Å². The Morgan fingerprint density at radius 1 is 0.947 bits per heavy atom. The van der Waals surface area contributed by atoms with Crippen molar-refractivity contribution in [2.24, 2.45) is 0 Å². The number of para-hydroxylation sites is 1. The minimum Gasteiger partial charge on any atom is -0.455 e. The van der Waals surface area contributed by atoms with Crippen molar-refractivity contribution in [2.45, 2.75) is 6.61 Å². The number of rotatable bonds is 4. The van der Waals surface area contributed by atoms with Crippen molar-refractivity contribution < 1.29 is 14.3 Å². The van der Waals surface area contributed by atoms with E-state index in [1.165, 1.54) is 6.07 Å². The molecule has 0 aliphatic rings. The molecule has 96 valence electrons.